The highest BCUT2D eigenvalue weighted by Crippen LogP contribution is 2.35. The fraction of sp³-hybridized carbons (Fsp3) is 0.786. The minimum atomic E-state index is -1.12. The molecule has 0 spiro atoms. The maximum atomic E-state index is 11.6. The lowest BCUT2D eigenvalue weighted by Crippen LogP contribution is -2.62. The average Bonchev–Trinajstić information content (AvgIpc) is 2.75. The molecular formula is C14H22N2O7. The lowest BCUT2D eigenvalue weighted by atomic mass is 9.99. The largest absolute Gasteiger partial charge is 0.361 e. The van der Waals surface area contributed by atoms with Gasteiger partial charge in [0.25, 0.3) is 0 Å². The second-order valence-corrected chi connectivity index (χ2v) is 6.44. The molecule has 2 rings (SSSR count). The Bertz CT molecular complexity index is 505. The molecule has 2 heterocycles. The Morgan fingerprint density at radius 1 is 1.09 bits per heavy atom. The van der Waals surface area contributed by atoms with Crippen LogP contribution >= 0.6 is 0 Å². The molecule has 4 atom stereocenters. The molecule has 2 fully saturated rings. The van der Waals surface area contributed by atoms with Crippen molar-refractivity contribution in [2.24, 2.45) is 5.73 Å². The SMILES string of the molecule is CC1(C)OCC(NC(=O)C(N)=O)C(C2OC(C)(C)OC2C=O)O1. The molecule has 2 saturated heterocycles. The summed E-state index contributed by atoms with van der Waals surface area (Å²) >= 11 is 0. The predicted octanol–water partition coefficient (Wildman–Crippen LogP) is -1.17. The molecule has 0 saturated carbocycles. The molecule has 2 aliphatic rings. The van der Waals surface area contributed by atoms with Gasteiger partial charge in [0.2, 0.25) is 0 Å². The van der Waals surface area contributed by atoms with Crippen LogP contribution in [-0.2, 0) is 33.3 Å². The molecule has 2 aliphatic heterocycles. The Balaban J connectivity index is 2.23. The summed E-state index contributed by atoms with van der Waals surface area (Å²) in [6.45, 7) is 6.81. The minimum Gasteiger partial charge on any atom is -0.361 e. The van der Waals surface area contributed by atoms with Crippen molar-refractivity contribution in [3.8, 4) is 0 Å². The van der Waals surface area contributed by atoms with E-state index in [4.69, 9.17) is 24.7 Å². The molecule has 9 nitrogen and oxygen atoms in total. The number of carbonyl (C=O) groups is 3. The van der Waals surface area contributed by atoms with Crippen molar-refractivity contribution in [2.75, 3.05) is 6.61 Å². The van der Waals surface area contributed by atoms with Crippen LogP contribution in [0, 0.1) is 0 Å². The van der Waals surface area contributed by atoms with Crippen LogP contribution in [0.3, 0.4) is 0 Å². The second kappa shape index (κ2) is 6.16. The number of aldehydes is 1. The van der Waals surface area contributed by atoms with Gasteiger partial charge in [-0.2, -0.15) is 0 Å². The van der Waals surface area contributed by atoms with E-state index in [0.29, 0.717) is 6.29 Å². The molecule has 3 N–H and O–H groups in total. The number of hydrogen-bond acceptors (Lipinski definition) is 7. The van der Waals surface area contributed by atoms with E-state index in [1.165, 1.54) is 0 Å². The number of rotatable bonds is 3. The molecular weight excluding hydrogens is 308 g/mol. The van der Waals surface area contributed by atoms with Crippen LogP contribution in [0.1, 0.15) is 27.7 Å². The molecule has 0 aromatic heterocycles. The quantitative estimate of drug-likeness (QED) is 0.493. The fourth-order valence-electron chi connectivity index (χ4n) is 2.67. The van der Waals surface area contributed by atoms with Gasteiger partial charge in [-0.05, 0) is 27.7 Å². The smallest absolute Gasteiger partial charge is 0.309 e. The lowest BCUT2D eigenvalue weighted by molar-refractivity contribution is -0.301. The van der Waals surface area contributed by atoms with Gasteiger partial charge in [-0.15, -0.1) is 0 Å². The van der Waals surface area contributed by atoms with Crippen molar-refractivity contribution in [2.45, 2.75) is 63.6 Å². The first-order valence-corrected chi connectivity index (χ1v) is 7.28. The van der Waals surface area contributed by atoms with Gasteiger partial charge in [0.05, 0.1) is 12.6 Å². The fourth-order valence-corrected chi connectivity index (χ4v) is 2.67. The number of amides is 2. The highest BCUT2D eigenvalue weighted by atomic mass is 16.8. The summed E-state index contributed by atoms with van der Waals surface area (Å²) < 4.78 is 22.6. The third-order valence-electron chi connectivity index (χ3n) is 3.59. The van der Waals surface area contributed by atoms with Crippen molar-refractivity contribution in [3.63, 3.8) is 0 Å². The number of primary amides is 1. The number of carbonyl (C=O) groups excluding carboxylic acids is 3. The summed E-state index contributed by atoms with van der Waals surface area (Å²) in [6, 6.07) is -0.715. The standard InChI is InChI=1S/C14H22N2O7/c1-13(2)20-6-7(16-12(19)11(15)18)9(22-13)10-8(5-17)21-14(3,4)23-10/h5,7-10H,6H2,1-4H3,(H2,15,18)(H,16,19). The van der Waals surface area contributed by atoms with Crippen LogP contribution in [0.5, 0.6) is 0 Å². The second-order valence-electron chi connectivity index (χ2n) is 6.44. The van der Waals surface area contributed by atoms with Crippen molar-refractivity contribution >= 4 is 18.1 Å². The topological polar surface area (TPSA) is 126 Å². The summed E-state index contributed by atoms with van der Waals surface area (Å²) in [7, 11) is 0. The van der Waals surface area contributed by atoms with Crippen LogP contribution in [0.2, 0.25) is 0 Å². The molecule has 0 aliphatic carbocycles. The van der Waals surface area contributed by atoms with Gasteiger partial charge >= 0.3 is 11.8 Å². The molecule has 0 aromatic rings. The Kier molecular flexibility index (Phi) is 4.76. The van der Waals surface area contributed by atoms with Crippen LogP contribution in [0.15, 0.2) is 0 Å². The van der Waals surface area contributed by atoms with Gasteiger partial charge in [0, 0.05) is 0 Å². The first-order valence-electron chi connectivity index (χ1n) is 7.28. The summed E-state index contributed by atoms with van der Waals surface area (Å²) in [5, 5.41) is 2.44. The maximum absolute atomic E-state index is 11.6. The van der Waals surface area contributed by atoms with Gasteiger partial charge in [-0.1, -0.05) is 0 Å². The number of nitrogens with two attached hydrogens (primary N) is 1. The van der Waals surface area contributed by atoms with Gasteiger partial charge < -0.3 is 34.8 Å². The summed E-state index contributed by atoms with van der Waals surface area (Å²) in [5.41, 5.74) is 4.96. The molecule has 9 heteroatoms. The molecule has 0 aromatic carbocycles. The van der Waals surface area contributed by atoms with Gasteiger partial charge in [-0.3, -0.25) is 9.59 Å². The number of nitrogens with one attached hydrogen (secondary N) is 1. The summed E-state index contributed by atoms with van der Waals surface area (Å²) in [5.74, 6) is -4.00. The Hall–Kier alpha value is -1.55. The molecule has 0 radical (unpaired) electrons. The Morgan fingerprint density at radius 2 is 1.70 bits per heavy atom. The average molecular weight is 330 g/mol. The molecule has 130 valence electrons. The first-order chi connectivity index (χ1) is 10.5. The minimum absolute atomic E-state index is 0.0720. The van der Waals surface area contributed by atoms with E-state index in [9.17, 15) is 14.4 Å². The highest BCUT2D eigenvalue weighted by Gasteiger charge is 2.51. The van der Waals surface area contributed by atoms with Crippen LogP contribution in [0.25, 0.3) is 0 Å². The zero-order valence-electron chi connectivity index (χ0n) is 13.5. The Labute approximate surface area is 133 Å². The van der Waals surface area contributed by atoms with E-state index >= 15 is 0 Å². The monoisotopic (exact) mass is 330 g/mol. The molecule has 0 bridgehead atoms. The third kappa shape index (κ3) is 4.05. The van der Waals surface area contributed by atoms with E-state index in [1.54, 1.807) is 27.7 Å². The number of ether oxygens (including phenoxy) is 4. The van der Waals surface area contributed by atoms with Crippen LogP contribution in [0.4, 0.5) is 0 Å². The van der Waals surface area contributed by atoms with Crippen molar-refractivity contribution < 1.29 is 33.3 Å². The molecule has 4 unspecified atom stereocenters. The maximum Gasteiger partial charge on any atom is 0.309 e. The normalized spacial score (nSPS) is 35.5. The summed E-state index contributed by atoms with van der Waals surface area (Å²) in [6.07, 6.45) is -1.75. The van der Waals surface area contributed by atoms with E-state index in [2.05, 4.69) is 5.32 Å². The van der Waals surface area contributed by atoms with Crippen LogP contribution in [-0.4, -0.2) is 60.6 Å². The van der Waals surface area contributed by atoms with E-state index < -0.39 is 47.7 Å². The number of hydrogen-bond donors (Lipinski definition) is 2. The van der Waals surface area contributed by atoms with Gasteiger partial charge in [0.15, 0.2) is 17.9 Å². The van der Waals surface area contributed by atoms with E-state index in [-0.39, 0.29) is 6.61 Å². The van der Waals surface area contributed by atoms with Crippen LogP contribution < -0.4 is 11.1 Å². The third-order valence-corrected chi connectivity index (χ3v) is 3.59. The van der Waals surface area contributed by atoms with Crippen molar-refractivity contribution in [1.29, 1.82) is 0 Å². The zero-order chi connectivity index (χ0) is 17.4. The zero-order valence-corrected chi connectivity index (χ0v) is 13.5. The van der Waals surface area contributed by atoms with E-state index in [1.807, 2.05) is 0 Å². The molecule has 2 amide bonds. The predicted molar refractivity (Wildman–Crippen MR) is 75.9 cm³/mol. The van der Waals surface area contributed by atoms with Crippen molar-refractivity contribution in [3.05, 3.63) is 0 Å². The lowest BCUT2D eigenvalue weighted by Gasteiger charge is -2.43. The van der Waals surface area contributed by atoms with E-state index in [0.717, 1.165) is 0 Å². The summed E-state index contributed by atoms with van der Waals surface area (Å²) in [4.78, 5) is 33.8. The molecule has 23 heavy (non-hydrogen) atoms. The highest BCUT2D eigenvalue weighted by molar-refractivity contribution is 6.34. The first kappa shape index (κ1) is 17.8. The van der Waals surface area contributed by atoms with Gasteiger partial charge in [-0.25, -0.2) is 0 Å². The van der Waals surface area contributed by atoms with Crippen molar-refractivity contribution in [1.82, 2.24) is 5.32 Å². The Morgan fingerprint density at radius 3 is 2.26 bits per heavy atom. The van der Waals surface area contributed by atoms with Gasteiger partial charge in [0.1, 0.15) is 18.3 Å².